The van der Waals surface area contributed by atoms with Crippen LogP contribution in [-0.2, 0) is 4.79 Å². The molecule has 1 N–H and O–H groups in total. The molecule has 0 saturated carbocycles. The van der Waals surface area contributed by atoms with E-state index in [-0.39, 0.29) is 11.7 Å². The molecule has 0 aliphatic heterocycles. The number of nitrogens with one attached hydrogen (secondary N) is 1. The van der Waals surface area contributed by atoms with Gasteiger partial charge in [-0.15, -0.1) is 0 Å². The van der Waals surface area contributed by atoms with Crippen LogP contribution in [0.1, 0.15) is 29.9 Å². The van der Waals surface area contributed by atoms with E-state index in [9.17, 15) is 14.0 Å². The number of carbonyl (C=O) groups excluding carboxylic acids is 2. The zero-order valence-corrected chi connectivity index (χ0v) is 16.3. The van der Waals surface area contributed by atoms with Crippen LogP contribution in [0.15, 0.2) is 52.1 Å². The number of ketones is 1. The molecule has 2 heterocycles. The Hall–Kier alpha value is -3.00. The lowest BCUT2D eigenvalue weighted by Crippen LogP contribution is -2.23. The molecule has 0 saturated heterocycles. The highest BCUT2D eigenvalue weighted by molar-refractivity contribution is 8.00. The Morgan fingerprint density at radius 2 is 2.00 bits per heavy atom. The van der Waals surface area contributed by atoms with Crippen molar-refractivity contribution in [2.75, 3.05) is 5.32 Å². The molecule has 6 nitrogen and oxygen atoms in total. The first-order chi connectivity index (χ1) is 13.3. The molecule has 0 aliphatic rings. The van der Waals surface area contributed by atoms with Crippen molar-refractivity contribution in [3.63, 3.8) is 0 Å². The van der Waals surface area contributed by atoms with E-state index in [1.807, 2.05) is 0 Å². The van der Waals surface area contributed by atoms with Gasteiger partial charge in [0, 0.05) is 5.69 Å². The van der Waals surface area contributed by atoms with Gasteiger partial charge >= 0.3 is 0 Å². The monoisotopic (exact) mass is 399 g/mol. The van der Waals surface area contributed by atoms with Crippen LogP contribution in [0.3, 0.4) is 0 Å². The smallest absolute Gasteiger partial charge is 0.237 e. The molecule has 1 unspecified atom stereocenters. The standard InChI is InChI=1S/C20H18FN3O3S/c1-11-17(12(2)25)20(24-18(22-11)16-8-5-9-27-16)28-13(3)19(26)23-15-7-4-6-14(21)10-15/h4-10,13H,1-3H3,(H,23,26). The number of amides is 1. The second-order valence-corrected chi connectivity index (χ2v) is 7.44. The summed E-state index contributed by atoms with van der Waals surface area (Å²) >= 11 is 1.14. The summed E-state index contributed by atoms with van der Waals surface area (Å²) in [5.41, 5.74) is 1.24. The molecule has 0 spiro atoms. The number of hydrogen-bond donors (Lipinski definition) is 1. The molecular weight excluding hydrogens is 381 g/mol. The normalized spacial score (nSPS) is 11.9. The minimum absolute atomic E-state index is 0.191. The van der Waals surface area contributed by atoms with Crippen LogP contribution in [0.4, 0.5) is 10.1 Å². The number of thioether (sulfide) groups is 1. The van der Waals surface area contributed by atoms with Crippen molar-refractivity contribution >= 4 is 29.1 Å². The van der Waals surface area contributed by atoms with Crippen LogP contribution in [0.25, 0.3) is 11.6 Å². The molecule has 1 aromatic carbocycles. The molecule has 0 bridgehead atoms. The van der Waals surface area contributed by atoms with Gasteiger partial charge in [-0.05, 0) is 51.1 Å². The molecule has 0 radical (unpaired) electrons. The van der Waals surface area contributed by atoms with Gasteiger partial charge in [-0.1, -0.05) is 17.8 Å². The highest BCUT2D eigenvalue weighted by atomic mass is 32.2. The van der Waals surface area contributed by atoms with Gasteiger partial charge in [0.15, 0.2) is 17.4 Å². The van der Waals surface area contributed by atoms with E-state index in [1.165, 1.54) is 31.4 Å². The Morgan fingerprint density at radius 1 is 1.21 bits per heavy atom. The van der Waals surface area contributed by atoms with Crippen molar-refractivity contribution in [1.29, 1.82) is 0 Å². The maximum atomic E-state index is 13.3. The Kier molecular flexibility index (Phi) is 5.89. The first kappa shape index (κ1) is 19.8. The molecule has 3 aromatic rings. The van der Waals surface area contributed by atoms with Crippen LogP contribution in [0.5, 0.6) is 0 Å². The molecule has 8 heteroatoms. The fourth-order valence-electron chi connectivity index (χ4n) is 2.58. The molecule has 1 atom stereocenters. The van der Waals surface area contributed by atoms with Gasteiger partial charge in [-0.2, -0.15) is 0 Å². The van der Waals surface area contributed by atoms with Crippen molar-refractivity contribution in [3.05, 3.63) is 59.7 Å². The van der Waals surface area contributed by atoms with Gasteiger partial charge in [0.05, 0.1) is 22.8 Å². The molecule has 0 fully saturated rings. The summed E-state index contributed by atoms with van der Waals surface area (Å²) in [6, 6.07) is 9.09. The SMILES string of the molecule is CC(=O)c1c(C)nc(-c2ccco2)nc1SC(C)C(=O)Nc1cccc(F)c1. The number of rotatable bonds is 6. The maximum absolute atomic E-state index is 13.3. The summed E-state index contributed by atoms with van der Waals surface area (Å²) in [4.78, 5) is 33.4. The van der Waals surface area contributed by atoms with E-state index in [2.05, 4.69) is 15.3 Å². The average Bonchev–Trinajstić information content (AvgIpc) is 3.15. The lowest BCUT2D eigenvalue weighted by atomic mass is 10.2. The van der Waals surface area contributed by atoms with Crippen molar-refractivity contribution < 1.29 is 18.4 Å². The fourth-order valence-corrected chi connectivity index (χ4v) is 3.63. The molecule has 0 aliphatic carbocycles. The van der Waals surface area contributed by atoms with E-state index >= 15 is 0 Å². The highest BCUT2D eigenvalue weighted by Gasteiger charge is 2.23. The van der Waals surface area contributed by atoms with Gasteiger partial charge in [0.2, 0.25) is 5.91 Å². The Labute approximate surface area is 165 Å². The van der Waals surface area contributed by atoms with Crippen LogP contribution in [-0.4, -0.2) is 26.9 Å². The van der Waals surface area contributed by atoms with Crippen molar-refractivity contribution in [2.45, 2.75) is 31.0 Å². The molecule has 144 valence electrons. The summed E-state index contributed by atoms with van der Waals surface area (Å²) < 4.78 is 18.6. The maximum Gasteiger partial charge on any atom is 0.237 e. The van der Waals surface area contributed by atoms with E-state index in [4.69, 9.17) is 4.42 Å². The zero-order chi connectivity index (χ0) is 20.3. The second kappa shape index (κ2) is 8.35. The Balaban J connectivity index is 1.87. The number of carbonyl (C=O) groups is 2. The number of hydrogen-bond acceptors (Lipinski definition) is 6. The predicted octanol–water partition coefficient (Wildman–Crippen LogP) is 4.51. The Morgan fingerprint density at radius 3 is 2.64 bits per heavy atom. The number of Topliss-reactive ketones (excluding diaryl/α,β-unsaturated/α-hetero) is 1. The van der Waals surface area contributed by atoms with Crippen molar-refractivity contribution in [2.24, 2.45) is 0 Å². The van der Waals surface area contributed by atoms with Crippen LogP contribution in [0, 0.1) is 12.7 Å². The largest absolute Gasteiger partial charge is 0.461 e. The molecule has 28 heavy (non-hydrogen) atoms. The average molecular weight is 399 g/mol. The van der Waals surface area contributed by atoms with Gasteiger partial charge in [-0.3, -0.25) is 9.59 Å². The van der Waals surface area contributed by atoms with Crippen LogP contribution in [0.2, 0.25) is 0 Å². The van der Waals surface area contributed by atoms with Crippen molar-refractivity contribution in [3.8, 4) is 11.6 Å². The summed E-state index contributed by atoms with van der Waals surface area (Å²) in [5.74, 6) is -0.152. The molecular formula is C20H18FN3O3S. The van der Waals surface area contributed by atoms with Crippen LogP contribution >= 0.6 is 11.8 Å². The van der Waals surface area contributed by atoms with E-state index < -0.39 is 11.1 Å². The zero-order valence-electron chi connectivity index (χ0n) is 15.5. The lowest BCUT2D eigenvalue weighted by molar-refractivity contribution is -0.115. The molecule has 2 aromatic heterocycles. The highest BCUT2D eigenvalue weighted by Crippen LogP contribution is 2.30. The van der Waals surface area contributed by atoms with Crippen LogP contribution < -0.4 is 5.32 Å². The number of aryl methyl sites for hydroxylation is 1. The molecule has 1 amide bonds. The Bertz CT molecular complexity index is 1020. The quantitative estimate of drug-likeness (QED) is 0.373. The number of anilines is 1. The fraction of sp³-hybridized carbons (Fsp3) is 0.200. The van der Waals surface area contributed by atoms with Gasteiger partial charge in [0.25, 0.3) is 0 Å². The summed E-state index contributed by atoms with van der Waals surface area (Å²) in [5, 5.41) is 2.47. The van der Waals surface area contributed by atoms with E-state index in [0.717, 1.165) is 11.8 Å². The minimum Gasteiger partial charge on any atom is -0.461 e. The minimum atomic E-state index is -0.583. The van der Waals surface area contributed by atoms with Gasteiger partial charge in [0.1, 0.15) is 10.8 Å². The number of benzene rings is 1. The lowest BCUT2D eigenvalue weighted by Gasteiger charge is -2.15. The third-order valence-electron chi connectivity index (χ3n) is 3.90. The number of furan rings is 1. The number of halogens is 1. The summed E-state index contributed by atoms with van der Waals surface area (Å²) in [6.45, 7) is 4.83. The van der Waals surface area contributed by atoms with Crippen molar-refractivity contribution in [1.82, 2.24) is 9.97 Å². The first-order valence-electron chi connectivity index (χ1n) is 8.51. The van der Waals surface area contributed by atoms with E-state index in [0.29, 0.717) is 33.6 Å². The topological polar surface area (TPSA) is 85.1 Å². The van der Waals surface area contributed by atoms with Gasteiger partial charge < -0.3 is 9.73 Å². The summed E-state index contributed by atoms with van der Waals surface area (Å²) in [7, 11) is 0. The first-order valence-corrected chi connectivity index (χ1v) is 9.39. The predicted molar refractivity (Wildman–Crippen MR) is 105 cm³/mol. The van der Waals surface area contributed by atoms with E-state index in [1.54, 1.807) is 32.0 Å². The number of aromatic nitrogens is 2. The van der Waals surface area contributed by atoms with Gasteiger partial charge in [-0.25, -0.2) is 14.4 Å². The molecule has 3 rings (SSSR count). The summed E-state index contributed by atoms with van der Waals surface area (Å²) in [6.07, 6.45) is 1.51. The second-order valence-electron chi connectivity index (χ2n) is 6.11. The third-order valence-corrected chi connectivity index (χ3v) is 4.99. The number of nitrogens with zero attached hydrogens (tertiary/aromatic N) is 2. The third kappa shape index (κ3) is 4.45.